The summed E-state index contributed by atoms with van der Waals surface area (Å²) in [4.78, 5) is 0. The number of rotatable bonds is 3. The van der Waals surface area contributed by atoms with Gasteiger partial charge in [-0.15, -0.1) is 0 Å². The van der Waals surface area contributed by atoms with E-state index in [9.17, 15) is 0 Å². The lowest BCUT2D eigenvalue weighted by Gasteiger charge is -2.42. The molecule has 0 unspecified atom stereocenters. The van der Waals surface area contributed by atoms with E-state index in [2.05, 4.69) is 46.5 Å². The fourth-order valence-electron chi connectivity index (χ4n) is 2.94. The largest absolute Gasteiger partial charge is 0.408 e. The van der Waals surface area contributed by atoms with E-state index in [1.165, 1.54) is 0 Å². The van der Waals surface area contributed by atoms with Gasteiger partial charge in [0, 0.05) is 5.57 Å². The number of ether oxygens (including phenoxy) is 3. The van der Waals surface area contributed by atoms with Crippen LogP contribution in [0.5, 0.6) is 0 Å². The second-order valence-electron chi connectivity index (χ2n) is 7.91. The minimum Gasteiger partial charge on any atom is -0.408 e. The summed E-state index contributed by atoms with van der Waals surface area (Å²) in [6.07, 6.45) is 4.79. The highest BCUT2D eigenvalue weighted by Gasteiger charge is 2.65. The first-order valence-corrected chi connectivity index (χ1v) is 11.1. The molecule has 0 saturated carbocycles. The monoisotopic (exact) mass is 324 g/mol. The molecule has 0 aromatic rings. The van der Waals surface area contributed by atoms with Crippen molar-refractivity contribution in [1.29, 1.82) is 0 Å². The van der Waals surface area contributed by atoms with E-state index < -0.39 is 14.1 Å². The van der Waals surface area contributed by atoms with Crippen LogP contribution < -0.4 is 0 Å². The van der Waals surface area contributed by atoms with Gasteiger partial charge in [0.25, 0.3) is 0 Å². The third kappa shape index (κ3) is 2.53. The Kier molecular flexibility index (Phi) is 3.93. The van der Waals surface area contributed by atoms with Gasteiger partial charge in [-0.05, 0) is 30.6 Å². The van der Waals surface area contributed by atoms with E-state index >= 15 is 0 Å². The molecule has 0 radical (unpaired) electrons. The fourth-order valence-corrected chi connectivity index (χ4v) is 4.18. The predicted molar refractivity (Wildman–Crippen MR) is 88.3 cm³/mol. The highest BCUT2D eigenvalue weighted by Crippen LogP contribution is 2.50. The van der Waals surface area contributed by atoms with Crippen LogP contribution >= 0.6 is 0 Å². The Morgan fingerprint density at radius 3 is 2.50 bits per heavy atom. The molecule has 2 aliphatic heterocycles. The van der Waals surface area contributed by atoms with Crippen molar-refractivity contribution in [2.45, 2.75) is 69.4 Å². The molecule has 2 saturated heterocycles. The minimum absolute atomic E-state index is 0.0290. The van der Waals surface area contributed by atoms with Crippen LogP contribution in [0.25, 0.3) is 0 Å². The molecule has 0 amide bonds. The van der Waals surface area contributed by atoms with Crippen LogP contribution in [0.4, 0.5) is 0 Å². The molecule has 4 nitrogen and oxygen atoms in total. The predicted octanol–water partition coefficient (Wildman–Crippen LogP) is 3.40. The number of hydrogen-bond donors (Lipinski definition) is 0. The molecule has 22 heavy (non-hydrogen) atoms. The highest BCUT2D eigenvalue weighted by atomic mass is 28.4. The van der Waals surface area contributed by atoms with Crippen LogP contribution in [0.3, 0.4) is 0 Å². The van der Waals surface area contributed by atoms with E-state index in [-0.39, 0.29) is 23.4 Å². The first kappa shape index (κ1) is 16.4. The molecule has 5 heteroatoms. The van der Waals surface area contributed by atoms with Crippen LogP contribution in [-0.2, 0) is 18.6 Å². The average Bonchev–Trinajstić information content (AvgIpc) is 3.23. The smallest absolute Gasteiger partial charge is 0.224 e. The summed E-state index contributed by atoms with van der Waals surface area (Å²) < 4.78 is 24.4. The van der Waals surface area contributed by atoms with Gasteiger partial charge >= 0.3 is 0 Å². The van der Waals surface area contributed by atoms with Crippen LogP contribution in [0.15, 0.2) is 24.3 Å². The quantitative estimate of drug-likeness (QED) is 0.589. The molecule has 2 fully saturated rings. The van der Waals surface area contributed by atoms with E-state index in [0.717, 1.165) is 12.0 Å². The molecule has 3 rings (SSSR count). The molecule has 0 N–H and O–H groups in total. The van der Waals surface area contributed by atoms with Crippen molar-refractivity contribution < 1.29 is 18.6 Å². The Labute approximate surface area is 134 Å². The van der Waals surface area contributed by atoms with Gasteiger partial charge in [0.05, 0.1) is 19.3 Å². The minimum atomic E-state index is -1.85. The lowest BCUT2D eigenvalue weighted by molar-refractivity contribution is -0.251. The van der Waals surface area contributed by atoms with Crippen LogP contribution in [0, 0.1) is 0 Å². The topological polar surface area (TPSA) is 40.2 Å². The Morgan fingerprint density at radius 1 is 1.32 bits per heavy atom. The zero-order chi connectivity index (χ0) is 16.2. The van der Waals surface area contributed by atoms with Crippen LogP contribution in [-0.4, -0.2) is 45.6 Å². The Balaban J connectivity index is 1.85. The van der Waals surface area contributed by atoms with Gasteiger partial charge in [-0.3, -0.25) is 0 Å². The zero-order valence-corrected chi connectivity index (χ0v) is 15.3. The Hall–Kier alpha value is -0.463. The summed E-state index contributed by atoms with van der Waals surface area (Å²) in [6.45, 7) is 16.6. The molecular formula is C17H28O4Si. The number of epoxide rings is 1. The van der Waals surface area contributed by atoms with Crippen LogP contribution in [0.1, 0.15) is 27.2 Å². The molecule has 3 atom stereocenters. The number of fused-ring (bicyclic) bond motifs is 2. The standard InChI is InChI=1S/C17H28O4Si/c1-7-12-11-13(21-22(5,6)16(2,3)4)14-15(20-14)17(12)18-9-8-10-19-17/h7,11,13-15H,1,8-10H2,2-6H3/t13-,14-,15-/m0/s1. The van der Waals surface area contributed by atoms with Crippen molar-refractivity contribution in [1.82, 2.24) is 0 Å². The SMILES string of the molecule is C=CC1=C[C@H](O[Si](C)(C)C(C)(C)C)[C@@H]2O[C@@H]2C12OCCCO2. The first-order valence-electron chi connectivity index (χ1n) is 8.17. The van der Waals surface area contributed by atoms with Crippen molar-refractivity contribution in [2.24, 2.45) is 0 Å². The summed E-state index contributed by atoms with van der Waals surface area (Å²) in [5.41, 5.74) is 0.953. The van der Waals surface area contributed by atoms with Crippen molar-refractivity contribution in [2.75, 3.05) is 13.2 Å². The van der Waals surface area contributed by atoms with Gasteiger partial charge in [-0.1, -0.05) is 33.4 Å². The summed E-state index contributed by atoms with van der Waals surface area (Å²) in [7, 11) is -1.85. The normalized spacial score (nSPS) is 34.0. The molecule has 1 aliphatic carbocycles. The van der Waals surface area contributed by atoms with Crippen LogP contribution in [0.2, 0.25) is 18.1 Å². The lowest BCUT2D eigenvalue weighted by Crippen LogP contribution is -2.53. The van der Waals surface area contributed by atoms with E-state index in [1.54, 1.807) is 0 Å². The summed E-state index contributed by atoms with van der Waals surface area (Å²) in [6, 6.07) is 0. The summed E-state index contributed by atoms with van der Waals surface area (Å²) >= 11 is 0. The lowest BCUT2D eigenvalue weighted by atomic mass is 9.90. The molecule has 0 aromatic heterocycles. The highest BCUT2D eigenvalue weighted by molar-refractivity contribution is 6.74. The Morgan fingerprint density at radius 2 is 1.95 bits per heavy atom. The van der Waals surface area contributed by atoms with Gasteiger partial charge in [0.15, 0.2) is 8.32 Å². The van der Waals surface area contributed by atoms with Crippen molar-refractivity contribution >= 4 is 8.32 Å². The third-order valence-corrected chi connectivity index (χ3v) is 9.82. The van der Waals surface area contributed by atoms with E-state index in [4.69, 9.17) is 18.6 Å². The van der Waals surface area contributed by atoms with Gasteiger partial charge in [-0.2, -0.15) is 0 Å². The second kappa shape index (κ2) is 5.28. The van der Waals surface area contributed by atoms with Crippen molar-refractivity contribution in [3.63, 3.8) is 0 Å². The molecule has 124 valence electrons. The molecular weight excluding hydrogens is 296 g/mol. The maximum atomic E-state index is 6.54. The van der Waals surface area contributed by atoms with Gasteiger partial charge in [0.2, 0.25) is 5.79 Å². The third-order valence-electron chi connectivity index (χ3n) is 5.35. The molecule has 2 heterocycles. The first-order chi connectivity index (χ1) is 10.2. The molecule has 0 bridgehead atoms. The van der Waals surface area contributed by atoms with Crippen molar-refractivity contribution in [3.05, 3.63) is 24.3 Å². The van der Waals surface area contributed by atoms with Crippen molar-refractivity contribution in [3.8, 4) is 0 Å². The summed E-state index contributed by atoms with van der Waals surface area (Å²) in [5, 5.41) is 0.173. The fraction of sp³-hybridized carbons (Fsp3) is 0.765. The van der Waals surface area contributed by atoms with E-state index in [1.807, 2.05) is 6.08 Å². The average molecular weight is 324 g/mol. The zero-order valence-electron chi connectivity index (χ0n) is 14.3. The molecule has 1 spiro atoms. The molecule has 0 aromatic carbocycles. The second-order valence-corrected chi connectivity index (χ2v) is 12.7. The van der Waals surface area contributed by atoms with E-state index in [0.29, 0.717) is 13.2 Å². The maximum Gasteiger partial charge on any atom is 0.224 e. The molecule has 3 aliphatic rings. The summed E-state index contributed by atoms with van der Waals surface area (Å²) in [5.74, 6) is -0.752. The maximum absolute atomic E-state index is 6.54. The van der Waals surface area contributed by atoms with Gasteiger partial charge in [-0.25, -0.2) is 0 Å². The Bertz CT molecular complexity index is 485. The number of hydrogen-bond acceptors (Lipinski definition) is 4. The van der Waals surface area contributed by atoms with Gasteiger partial charge < -0.3 is 18.6 Å². The van der Waals surface area contributed by atoms with Gasteiger partial charge in [0.1, 0.15) is 12.2 Å².